The van der Waals surface area contributed by atoms with Crippen molar-refractivity contribution < 1.29 is 28.2 Å². The normalized spacial score (nSPS) is 11.5. The lowest BCUT2D eigenvalue weighted by Crippen LogP contribution is -2.45. The smallest absolute Gasteiger partial charge is 0.329 e. The van der Waals surface area contributed by atoms with Crippen LogP contribution in [-0.4, -0.2) is 37.5 Å². The third-order valence-electron chi connectivity index (χ3n) is 4.04. The van der Waals surface area contributed by atoms with Gasteiger partial charge in [0, 0.05) is 5.56 Å². The van der Waals surface area contributed by atoms with E-state index in [1.807, 2.05) is 0 Å². The number of methoxy groups -OCH3 is 1. The zero-order chi connectivity index (χ0) is 21.4. The molecule has 2 aromatic rings. The average Bonchev–Trinajstić information content (AvgIpc) is 2.70. The van der Waals surface area contributed by atoms with Gasteiger partial charge >= 0.3 is 5.97 Å². The summed E-state index contributed by atoms with van der Waals surface area (Å²) in [5.74, 6) is -2.12. The van der Waals surface area contributed by atoms with Crippen molar-refractivity contribution in [3.8, 4) is 5.75 Å². The number of benzene rings is 2. The van der Waals surface area contributed by atoms with Gasteiger partial charge in [0.25, 0.3) is 11.8 Å². The Bertz CT molecular complexity index is 868. The molecule has 0 saturated carbocycles. The molecule has 0 aromatic heterocycles. The molecule has 0 aliphatic carbocycles. The number of ether oxygens (including phenoxy) is 2. The molecule has 2 amide bonds. The highest BCUT2D eigenvalue weighted by Crippen LogP contribution is 2.22. The lowest BCUT2D eigenvalue weighted by Gasteiger charge is -2.21. The number of para-hydroxylation sites is 2. The van der Waals surface area contributed by atoms with Gasteiger partial charge in [0.2, 0.25) is 0 Å². The van der Waals surface area contributed by atoms with Crippen molar-refractivity contribution in [1.82, 2.24) is 5.32 Å². The van der Waals surface area contributed by atoms with Crippen molar-refractivity contribution in [1.29, 1.82) is 0 Å². The summed E-state index contributed by atoms with van der Waals surface area (Å²) in [6, 6.07) is 10.8. The SMILES string of the molecule is COc1ccccc1NC(=O)COC(=O)[C@@H](NC(=O)c1ccc(F)cc1)C(C)C. The van der Waals surface area contributed by atoms with Gasteiger partial charge in [0.05, 0.1) is 12.8 Å². The second-order valence-electron chi connectivity index (χ2n) is 6.56. The second-order valence-corrected chi connectivity index (χ2v) is 6.56. The number of amides is 2. The van der Waals surface area contributed by atoms with E-state index in [-0.39, 0.29) is 11.5 Å². The maximum Gasteiger partial charge on any atom is 0.329 e. The van der Waals surface area contributed by atoms with Crippen LogP contribution in [-0.2, 0) is 14.3 Å². The van der Waals surface area contributed by atoms with E-state index in [4.69, 9.17) is 9.47 Å². The average molecular weight is 402 g/mol. The second kappa shape index (κ2) is 10.2. The predicted octanol–water partition coefficient (Wildman–Crippen LogP) is 2.77. The quantitative estimate of drug-likeness (QED) is 0.663. The zero-order valence-corrected chi connectivity index (χ0v) is 16.4. The topological polar surface area (TPSA) is 93.7 Å². The van der Waals surface area contributed by atoms with E-state index < -0.39 is 36.2 Å². The molecule has 7 nitrogen and oxygen atoms in total. The van der Waals surface area contributed by atoms with Crippen LogP contribution >= 0.6 is 0 Å². The molecule has 29 heavy (non-hydrogen) atoms. The van der Waals surface area contributed by atoms with Gasteiger partial charge in [0.15, 0.2) is 6.61 Å². The van der Waals surface area contributed by atoms with E-state index in [2.05, 4.69) is 10.6 Å². The summed E-state index contributed by atoms with van der Waals surface area (Å²) in [5.41, 5.74) is 0.653. The summed E-state index contributed by atoms with van der Waals surface area (Å²) in [6.45, 7) is 2.93. The number of hydrogen-bond acceptors (Lipinski definition) is 5. The Kier molecular flexibility index (Phi) is 7.70. The molecular formula is C21H23FN2O5. The molecule has 0 saturated heterocycles. The predicted molar refractivity (Wildman–Crippen MR) is 105 cm³/mol. The van der Waals surface area contributed by atoms with Crippen LogP contribution in [0.3, 0.4) is 0 Å². The minimum absolute atomic E-state index is 0.207. The summed E-state index contributed by atoms with van der Waals surface area (Å²) in [4.78, 5) is 36.8. The number of hydrogen-bond donors (Lipinski definition) is 2. The monoisotopic (exact) mass is 402 g/mol. The van der Waals surface area contributed by atoms with Crippen LogP contribution in [0.15, 0.2) is 48.5 Å². The summed E-state index contributed by atoms with van der Waals surface area (Å²) in [5, 5.41) is 5.15. The Labute approximate surface area is 168 Å². The molecule has 0 fully saturated rings. The van der Waals surface area contributed by atoms with E-state index in [9.17, 15) is 18.8 Å². The number of nitrogens with one attached hydrogen (secondary N) is 2. The van der Waals surface area contributed by atoms with Crippen LogP contribution in [0.25, 0.3) is 0 Å². The van der Waals surface area contributed by atoms with Crippen LogP contribution in [0.4, 0.5) is 10.1 Å². The Morgan fingerprint density at radius 2 is 1.69 bits per heavy atom. The lowest BCUT2D eigenvalue weighted by atomic mass is 10.0. The minimum atomic E-state index is -0.966. The Hall–Kier alpha value is -3.42. The van der Waals surface area contributed by atoms with Gasteiger partial charge in [-0.1, -0.05) is 26.0 Å². The van der Waals surface area contributed by atoms with Crippen LogP contribution < -0.4 is 15.4 Å². The zero-order valence-electron chi connectivity index (χ0n) is 16.4. The van der Waals surface area contributed by atoms with Gasteiger partial charge in [-0.05, 0) is 42.3 Å². The third kappa shape index (κ3) is 6.31. The van der Waals surface area contributed by atoms with Gasteiger partial charge in [-0.25, -0.2) is 9.18 Å². The number of carbonyl (C=O) groups excluding carboxylic acids is 3. The van der Waals surface area contributed by atoms with E-state index in [1.165, 1.54) is 19.2 Å². The highest BCUT2D eigenvalue weighted by Gasteiger charge is 2.27. The Balaban J connectivity index is 1.94. The first-order chi connectivity index (χ1) is 13.8. The molecule has 0 aliphatic heterocycles. The standard InChI is InChI=1S/C21H23FN2O5/c1-13(2)19(24-20(26)14-8-10-15(22)11-9-14)21(27)29-12-18(25)23-16-6-4-5-7-17(16)28-3/h4-11,13,19H,12H2,1-3H3,(H,23,25)(H,24,26)/t19-/m0/s1. The molecule has 0 heterocycles. The molecule has 2 rings (SSSR count). The fourth-order valence-electron chi connectivity index (χ4n) is 2.48. The molecule has 154 valence electrons. The highest BCUT2D eigenvalue weighted by atomic mass is 19.1. The van der Waals surface area contributed by atoms with Gasteiger partial charge in [-0.3, -0.25) is 9.59 Å². The first-order valence-electron chi connectivity index (χ1n) is 8.97. The van der Waals surface area contributed by atoms with Crippen molar-refractivity contribution in [2.75, 3.05) is 19.0 Å². The molecule has 0 bridgehead atoms. The number of anilines is 1. The van der Waals surface area contributed by atoms with Gasteiger partial charge in [0.1, 0.15) is 17.6 Å². The molecule has 1 atom stereocenters. The number of carbonyl (C=O) groups is 3. The maximum absolute atomic E-state index is 13.0. The van der Waals surface area contributed by atoms with Crippen LogP contribution in [0, 0.1) is 11.7 Å². The fraction of sp³-hybridized carbons (Fsp3) is 0.286. The molecular weight excluding hydrogens is 379 g/mol. The summed E-state index contributed by atoms with van der Waals surface area (Å²) >= 11 is 0. The Morgan fingerprint density at radius 1 is 1.03 bits per heavy atom. The summed E-state index contributed by atoms with van der Waals surface area (Å²) < 4.78 is 23.2. The highest BCUT2D eigenvalue weighted by molar-refractivity contribution is 5.97. The first kappa shape index (κ1) is 21.9. The summed E-state index contributed by atoms with van der Waals surface area (Å²) in [7, 11) is 1.47. The maximum atomic E-state index is 13.0. The molecule has 8 heteroatoms. The number of rotatable bonds is 8. The van der Waals surface area contributed by atoms with E-state index in [0.717, 1.165) is 12.1 Å². The van der Waals surface area contributed by atoms with Crippen molar-refractivity contribution in [2.24, 2.45) is 5.92 Å². The van der Waals surface area contributed by atoms with Crippen molar-refractivity contribution in [2.45, 2.75) is 19.9 Å². The molecule has 0 aliphatic rings. The van der Waals surface area contributed by atoms with Crippen molar-refractivity contribution >= 4 is 23.5 Å². The van der Waals surface area contributed by atoms with E-state index in [0.29, 0.717) is 11.4 Å². The minimum Gasteiger partial charge on any atom is -0.495 e. The third-order valence-corrected chi connectivity index (χ3v) is 4.04. The molecule has 0 radical (unpaired) electrons. The number of esters is 1. The van der Waals surface area contributed by atoms with E-state index >= 15 is 0 Å². The first-order valence-corrected chi connectivity index (χ1v) is 8.97. The lowest BCUT2D eigenvalue weighted by molar-refractivity contribution is -0.150. The van der Waals surface area contributed by atoms with Gasteiger partial charge < -0.3 is 20.1 Å². The van der Waals surface area contributed by atoms with Gasteiger partial charge in [-0.2, -0.15) is 0 Å². The largest absolute Gasteiger partial charge is 0.495 e. The molecule has 0 unspecified atom stereocenters. The molecule has 0 spiro atoms. The fourth-order valence-corrected chi connectivity index (χ4v) is 2.48. The molecule has 2 aromatic carbocycles. The van der Waals surface area contributed by atoms with Crippen LogP contribution in [0.1, 0.15) is 24.2 Å². The summed E-state index contributed by atoms with van der Waals surface area (Å²) in [6.07, 6.45) is 0. The van der Waals surface area contributed by atoms with Crippen LogP contribution in [0.5, 0.6) is 5.75 Å². The van der Waals surface area contributed by atoms with Crippen molar-refractivity contribution in [3.05, 3.63) is 59.9 Å². The Morgan fingerprint density at radius 3 is 2.31 bits per heavy atom. The molecule has 2 N–H and O–H groups in total. The van der Waals surface area contributed by atoms with Crippen LogP contribution in [0.2, 0.25) is 0 Å². The van der Waals surface area contributed by atoms with Gasteiger partial charge in [-0.15, -0.1) is 0 Å². The van der Waals surface area contributed by atoms with E-state index in [1.54, 1.807) is 38.1 Å². The van der Waals surface area contributed by atoms with Crippen molar-refractivity contribution in [3.63, 3.8) is 0 Å². The number of halogens is 1.